The van der Waals surface area contributed by atoms with Gasteiger partial charge in [-0.2, -0.15) is 5.32 Å². The van der Waals surface area contributed by atoms with Gasteiger partial charge in [-0.15, -0.1) is 0 Å². The molecule has 0 aromatic rings. The summed E-state index contributed by atoms with van der Waals surface area (Å²) in [6.07, 6.45) is 0. The first kappa shape index (κ1) is 6.22. The van der Waals surface area contributed by atoms with Crippen LogP contribution in [-0.4, -0.2) is 36.9 Å². The van der Waals surface area contributed by atoms with Crippen LogP contribution in [-0.2, 0) is 9.59 Å². The van der Waals surface area contributed by atoms with Crippen LogP contribution in [0.5, 0.6) is 0 Å². The van der Waals surface area contributed by atoms with Gasteiger partial charge >= 0.3 is 0 Å². The number of hydrogen-bond acceptors (Lipinski definition) is 3. The van der Waals surface area contributed by atoms with Crippen molar-refractivity contribution in [3.05, 3.63) is 0 Å². The maximum atomic E-state index is 10.5. The van der Waals surface area contributed by atoms with E-state index < -0.39 is 0 Å². The summed E-state index contributed by atoms with van der Waals surface area (Å²) in [4.78, 5) is 22.5. The van der Waals surface area contributed by atoms with Crippen molar-refractivity contribution in [1.29, 1.82) is 0 Å². The Labute approximate surface area is 52.8 Å². The Morgan fingerprint density at radius 1 is 1.33 bits per heavy atom. The molecule has 1 rings (SSSR count). The van der Waals surface area contributed by atoms with Crippen molar-refractivity contribution in [2.45, 2.75) is 0 Å². The first-order chi connectivity index (χ1) is 4.18. The molecule has 0 aromatic heterocycles. The number of likely N-dealkylation sites (N-methyl/N-ethyl adjacent to an activating group) is 1. The van der Waals surface area contributed by atoms with Gasteiger partial charge in [-0.25, -0.2) is 0 Å². The highest BCUT2D eigenvalue weighted by Crippen LogP contribution is 1.89. The van der Waals surface area contributed by atoms with E-state index in [9.17, 15) is 9.59 Å². The fourth-order valence-electron chi connectivity index (χ4n) is 0.728. The van der Waals surface area contributed by atoms with Gasteiger partial charge in [0.2, 0.25) is 0 Å². The second kappa shape index (κ2) is 2.14. The Bertz CT molecular complexity index is 139. The third-order valence-corrected chi connectivity index (χ3v) is 1.06. The van der Waals surface area contributed by atoms with Gasteiger partial charge in [0.25, 0.3) is 11.8 Å². The van der Waals surface area contributed by atoms with Crippen molar-refractivity contribution in [2.75, 3.05) is 20.1 Å². The van der Waals surface area contributed by atoms with E-state index in [1.807, 2.05) is 0 Å². The van der Waals surface area contributed by atoms with E-state index in [1.54, 1.807) is 11.9 Å². The Hall–Kier alpha value is -0.900. The standard InChI is InChI=1S/C5H7N2O2/c1-7-2-4(8)6-5(9)3-7/h2-3H2,1H3. The number of carbonyl (C=O) groups is 2. The zero-order valence-corrected chi connectivity index (χ0v) is 5.13. The predicted molar refractivity (Wildman–Crippen MR) is 29.6 cm³/mol. The molecule has 1 aliphatic heterocycles. The number of hydrogen-bond donors (Lipinski definition) is 0. The molecular weight excluding hydrogens is 120 g/mol. The van der Waals surface area contributed by atoms with Crippen molar-refractivity contribution in [3.63, 3.8) is 0 Å². The number of rotatable bonds is 0. The highest BCUT2D eigenvalue weighted by Gasteiger charge is 2.20. The lowest BCUT2D eigenvalue weighted by Crippen LogP contribution is -2.45. The third kappa shape index (κ3) is 1.50. The van der Waals surface area contributed by atoms with Crippen LogP contribution in [0.25, 0.3) is 0 Å². The summed E-state index contributed by atoms with van der Waals surface area (Å²) in [5.41, 5.74) is 0. The van der Waals surface area contributed by atoms with E-state index >= 15 is 0 Å². The van der Waals surface area contributed by atoms with Gasteiger partial charge in [-0.1, -0.05) is 0 Å². The van der Waals surface area contributed by atoms with Crippen molar-refractivity contribution >= 4 is 11.8 Å². The molecule has 2 amide bonds. The van der Waals surface area contributed by atoms with Crippen LogP contribution in [0, 0.1) is 0 Å². The SMILES string of the molecule is CN1CC(=O)[N]C(=O)C1. The summed E-state index contributed by atoms with van der Waals surface area (Å²) in [5, 5.41) is 3.21. The van der Waals surface area contributed by atoms with E-state index in [1.165, 1.54) is 0 Å². The van der Waals surface area contributed by atoms with Gasteiger partial charge in [0.1, 0.15) is 0 Å². The molecule has 9 heavy (non-hydrogen) atoms. The molecule has 4 heteroatoms. The topological polar surface area (TPSA) is 51.5 Å². The average Bonchev–Trinajstić information content (AvgIpc) is 1.59. The van der Waals surface area contributed by atoms with E-state index in [4.69, 9.17) is 0 Å². The Kier molecular flexibility index (Phi) is 1.48. The van der Waals surface area contributed by atoms with Gasteiger partial charge in [0.15, 0.2) is 0 Å². The molecule has 0 atom stereocenters. The van der Waals surface area contributed by atoms with Gasteiger partial charge in [-0.05, 0) is 7.05 Å². The molecule has 0 aromatic carbocycles. The molecule has 0 unspecified atom stereocenters. The van der Waals surface area contributed by atoms with Crippen molar-refractivity contribution in [1.82, 2.24) is 10.2 Å². The maximum Gasteiger partial charge on any atom is 0.263 e. The van der Waals surface area contributed by atoms with E-state index in [0.29, 0.717) is 0 Å². The first-order valence-corrected chi connectivity index (χ1v) is 2.64. The van der Waals surface area contributed by atoms with E-state index in [2.05, 4.69) is 5.32 Å². The largest absolute Gasteiger partial charge is 0.288 e. The molecule has 1 fully saturated rings. The minimum absolute atomic E-state index is 0.270. The zero-order chi connectivity index (χ0) is 6.85. The minimum Gasteiger partial charge on any atom is -0.288 e. The lowest BCUT2D eigenvalue weighted by Gasteiger charge is -2.17. The van der Waals surface area contributed by atoms with Crippen LogP contribution in [0.2, 0.25) is 0 Å². The smallest absolute Gasteiger partial charge is 0.263 e. The average molecular weight is 127 g/mol. The molecule has 1 heterocycles. The predicted octanol–water partition coefficient (Wildman–Crippen LogP) is -1.41. The van der Waals surface area contributed by atoms with Crippen LogP contribution < -0.4 is 5.32 Å². The van der Waals surface area contributed by atoms with E-state index in [0.717, 1.165) is 0 Å². The molecule has 1 saturated heterocycles. The lowest BCUT2D eigenvalue weighted by atomic mass is 10.4. The van der Waals surface area contributed by atoms with Crippen LogP contribution >= 0.6 is 0 Å². The third-order valence-electron chi connectivity index (χ3n) is 1.06. The summed E-state index contributed by atoms with van der Waals surface area (Å²) in [7, 11) is 1.71. The van der Waals surface area contributed by atoms with Crippen molar-refractivity contribution < 1.29 is 9.59 Å². The monoisotopic (exact) mass is 127 g/mol. The lowest BCUT2D eigenvalue weighted by molar-refractivity contribution is -0.135. The number of imide groups is 1. The van der Waals surface area contributed by atoms with Gasteiger partial charge in [0.05, 0.1) is 13.1 Å². The summed E-state index contributed by atoms with van der Waals surface area (Å²) in [6, 6.07) is 0. The van der Waals surface area contributed by atoms with Crippen LogP contribution in [0.4, 0.5) is 0 Å². The summed E-state index contributed by atoms with van der Waals surface area (Å²) < 4.78 is 0. The molecule has 0 saturated carbocycles. The van der Waals surface area contributed by atoms with Crippen LogP contribution in [0.3, 0.4) is 0 Å². The van der Waals surface area contributed by atoms with Gasteiger partial charge < -0.3 is 0 Å². The van der Waals surface area contributed by atoms with Crippen LogP contribution in [0.1, 0.15) is 0 Å². The van der Waals surface area contributed by atoms with Crippen molar-refractivity contribution in [2.24, 2.45) is 0 Å². The van der Waals surface area contributed by atoms with Crippen molar-refractivity contribution in [3.8, 4) is 0 Å². The molecule has 4 nitrogen and oxygen atoms in total. The van der Waals surface area contributed by atoms with Gasteiger partial charge in [-0.3, -0.25) is 14.5 Å². The normalized spacial score (nSPS) is 21.9. The quantitative estimate of drug-likeness (QED) is 0.376. The Balaban J connectivity index is 2.53. The number of piperazine rings is 1. The fourth-order valence-corrected chi connectivity index (χ4v) is 0.728. The highest BCUT2D eigenvalue weighted by molar-refractivity contribution is 5.98. The molecule has 1 aliphatic rings. The molecule has 49 valence electrons. The number of nitrogens with zero attached hydrogens (tertiary/aromatic N) is 2. The van der Waals surface area contributed by atoms with Gasteiger partial charge in [0, 0.05) is 0 Å². The second-order valence-corrected chi connectivity index (χ2v) is 2.07. The van der Waals surface area contributed by atoms with E-state index in [-0.39, 0.29) is 24.9 Å². The highest BCUT2D eigenvalue weighted by atomic mass is 16.2. The molecule has 0 N–H and O–H groups in total. The Morgan fingerprint density at radius 3 is 2.11 bits per heavy atom. The summed E-state index contributed by atoms with van der Waals surface area (Å²) in [6.45, 7) is 0.539. The second-order valence-electron chi connectivity index (χ2n) is 2.07. The first-order valence-electron chi connectivity index (χ1n) is 2.64. The summed E-state index contributed by atoms with van der Waals surface area (Å²) >= 11 is 0. The fraction of sp³-hybridized carbons (Fsp3) is 0.600. The molecule has 0 bridgehead atoms. The number of carbonyl (C=O) groups excluding carboxylic acids is 2. The maximum absolute atomic E-state index is 10.5. The molecular formula is C5H7N2O2. The molecule has 1 radical (unpaired) electrons. The number of amides is 2. The molecule has 0 spiro atoms. The van der Waals surface area contributed by atoms with Crippen LogP contribution in [0.15, 0.2) is 0 Å². The minimum atomic E-state index is -0.339. The Morgan fingerprint density at radius 2 is 1.78 bits per heavy atom. The summed E-state index contributed by atoms with van der Waals surface area (Å²) in [5.74, 6) is -0.678. The zero-order valence-electron chi connectivity index (χ0n) is 5.13. The molecule has 0 aliphatic carbocycles.